The Kier molecular flexibility index (Phi) is 3.98. The van der Waals surface area contributed by atoms with Gasteiger partial charge in [0.25, 0.3) is 0 Å². The van der Waals surface area contributed by atoms with Gasteiger partial charge in [-0.05, 0) is 23.4 Å². The summed E-state index contributed by atoms with van der Waals surface area (Å²) in [6.07, 6.45) is -1.51. The highest BCUT2D eigenvalue weighted by Crippen LogP contribution is 2.28. The Morgan fingerprint density at radius 2 is 2.27 bits per heavy atom. The van der Waals surface area contributed by atoms with E-state index in [4.69, 9.17) is 16.1 Å². The zero-order valence-corrected chi connectivity index (χ0v) is 7.75. The van der Waals surface area contributed by atoms with Crippen LogP contribution in [0.1, 0.15) is 0 Å². The highest BCUT2D eigenvalue weighted by molar-refractivity contribution is 5.63. The van der Waals surface area contributed by atoms with Crippen molar-refractivity contribution in [2.45, 2.75) is 6.29 Å². The summed E-state index contributed by atoms with van der Waals surface area (Å²) in [6, 6.07) is 4.26. The summed E-state index contributed by atoms with van der Waals surface area (Å²) in [7, 11) is 0. The topological polar surface area (TPSA) is 117 Å². The number of nitroso groups, excluding NO2 is 1. The van der Waals surface area contributed by atoms with E-state index in [0.717, 1.165) is 0 Å². The number of aliphatic hydroxyl groups is 2. The van der Waals surface area contributed by atoms with Gasteiger partial charge in [-0.1, -0.05) is 0 Å². The Bertz CT molecular complexity index is 343. The first kappa shape index (κ1) is 11.4. The third-order valence-electron chi connectivity index (χ3n) is 1.67. The Morgan fingerprint density at radius 3 is 2.80 bits per heavy atom. The summed E-state index contributed by atoms with van der Waals surface area (Å²) in [5, 5.41) is 22.6. The largest absolute Gasteiger partial charge is 0.409 e. The highest BCUT2D eigenvalue weighted by Gasteiger charge is 2.06. The lowest BCUT2D eigenvalue weighted by molar-refractivity contribution is -0.0276. The Morgan fingerprint density at radius 1 is 1.53 bits per heavy atom. The van der Waals surface area contributed by atoms with Crippen LogP contribution in [0.15, 0.2) is 23.4 Å². The Hall–Kier alpha value is -1.70. The lowest BCUT2D eigenvalue weighted by atomic mass is 10.2. The second kappa shape index (κ2) is 5.25. The molecule has 0 aliphatic rings. The maximum Gasteiger partial charge on any atom is 0.170 e. The second-order valence-corrected chi connectivity index (χ2v) is 2.75. The molecule has 0 unspecified atom stereocenters. The maximum atomic E-state index is 10.2. The predicted octanol–water partition coefficient (Wildman–Crippen LogP) is 0.0596. The van der Waals surface area contributed by atoms with Crippen molar-refractivity contribution in [3.63, 3.8) is 0 Å². The Labute approximate surface area is 85.4 Å². The van der Waals surface area contributed by atoms with Crippen LogP contribution >= 0.6 is 0 Å². The number of anilines is 1. The van der Waals surface area contributed by atoms with Crippen LogP contribution in [0.4, 0.5) is 11.4 Å². The van der Waals surface area contributed by atoms with Crippen molar-refractivity contribution in [1.82, 2.24) is 0 Å². The van der Waals surface area contributed by atoms with Crippen LogP contribution < -0.4 is 16.1 Å². The molecule has 0 aromatic heterocycles. The second-order valence-electron chi connectivity index (χ2n) is 2.75. The molecule has 0 fully saturated rings. The van der Waals surface area contributed by atoms with Crippen molar-refractivity contribution < 1.29 is 15.1 Å². The number of hydrogen-bond donors (Lipinski definition) is 4. The van der Waals surface area contributed by atoms with Crippen LogP contribution in [-0.4, -0.2) is 23.0 Å². The number of nitrogens with two attached hydrogens (primary N) is 1. The van der Waals surface area contributed by atoms with Gasteiger partial charge < -0.3 is 20.4 Å². The number of hydrogen-bond acceptors (Lipinski definition) is 7. The molecule has 0 aliphatic carbocycles. The number of rotatable bonds is 5. The molecule has 0 saturated heterocycles. The van der Waals surface area contributed by atoms with Crippen LogP contribution in [0.3, 0.4) is 0 Å². The van der Waals surface area contributed by atoms with Gasteiger partial charge in [0.05, 0.1) is 12.2 Å². The summed E-state index contributed by atoms with van der Waals surface area (Å²) < 4.78 is 0. The molecule has 0 saturated carbocycles. The molecule has 0 heterocycles. The molecule has 1 aromatic carbocycles. The zero-order chi connectivity index (χ0) is 11.3. The van der Waals surface area contributed by atoms with Crippen molar-refractivity contribution in [3.8, 4) is 5.75 Å². The van der Waals surface area contributed by atoms with E-state index >= 15 is 0 Å². The molecule has 1 rings (SSSR count). The van der Waals surface area contributed by atoms with Gasteiger partial charge in [0.2, 0.25) is 0 Å². The van der Waals surface area contributed by atoms with Crippen molar-refractivity contribution in [1.29, 1.82) is 0 Å². The minimum absolute atomic E-state index is 0.112. The summed E-state index contributed by atoms with van der Waals surface area (Å²) in [5.74, 6) is 5.26. The van der Waals surface area contributed by atoms with Crippen LogP contribution in [0.2, 0.25) is 0 Å². The first-order chi connectivity index (χ1) is 7.17. The summed E-state index contributed by atoms with van der Waals surface area (Å²) in [6.45, 7) is -0.112. The van der Waals surface area contributed by atoms with Gasteiger partial charge in [0.15, 0.2) is 12.0 Å². The number of nitrogens with one attached hydrogen (secondary N) is 1. The summed E-state index contributed by atoms with van der Waals surface area (Å²) in [5.41, 5.74) is 0.549. The SMILES string of the molecule is NOc1ccc(N=O)cc1NCC(O)O. The van der Waals surface area contributed by atoms with E-state index in [1.807, 2.05) is 0 Å². The fourth-order valence-electron chi connectivity index (χ4n) is 1.02. The Balaban J connectivity index is 2.85. The fraction of sp³-hybridized carbons (Fsp3) is 0.250. The van der Waals surface area contributed by atoms with Crippen molar-refractivity contribution in [2.75, 3.05) is 11.9 Å². The van der Waals surface area contributed by atoms with Crippen LogP contribution in [-0.2, 0) is 0 Å². The molecule has 0 amide bonds. The van der Waals surface area contributed by atoms with Crippen LogP contribution in [0.25, 0.3) is 0 Å². The van der Waals surface area contributed by atoms with Gasteiger partial charge in [-0.2, -0.15) is 5.90 Å². The van der Waals surface area contributed by atoms with Crippen LogP contribution in [0.5, 0.6) is 5.75 Å². The lowest BCUT2D eigenvalue weighted by Crippen LogP contribution is -2.19. The van der Waals surface area contributed by atoms with Crippen molar-refractivity contribution >= 4 is 11.4 Å². The van der Waals surface area contributed by atoms with Crippen LogP contribution in [0, 0.1) is 4.91 Å². The lowest BCUT2D eigenvalue weighted by Gasteiger charge is -2.11. The molecule has 15 heavy (non-hydrogen) atoms. The first-order valence-corrected chi connectivity index (χ1v) is 4.11. The van der Waals surface area contributed by atoms with Crippen molar-refractivity contribution in [2.24, 2.45) is 11.1 Å². The maximum absolute atomic E-state index is 10.2. The quantitative estimate of drug-likeness (QED) is 0.312. The molecule has 0 radical (unpaired) electrons. The number of nitrogens with zero attached hydrogens (tertiary/aromatic N) is 1. The van der Waals surface area contributed by atoms with Gasteiger partial charge in [-0.15, -0.1) is 4.91 Å². The molecule has 0 bridgehead atoms. The van der Waals surface area contributed by atoms with E-state index in [-0.39, 0.29) is 18.0 Å². The van der Waals surface area contributed by atoms with E-state index in [1.165, 1.54) is 18.2 Å². The third-order valence-corrected chi connectivity index (χ3v) is 1.67. The minimum atomic E-state index is -1.51. The average Bonchev–Trinajstić information content (AvgIpc) is 2.25. The molecular weight excluding hydrogens is 202 g/mol. The van der Waals surface area contributed by atoms with Gasteiger partial charge >= 0.3 is 0 Å². The monoisotopic (exact) mass is 213 g/mol. The average molecular weight is 213 g/mol. The zero-order valence-electron chi connectivity index (χ0n) is 7.75. The van der Waals surface area contributed by atoms with Crippen molar-refractivity contribution in [3.05, 3.63) is 23.1 Å². The minimum Gasteiger partial charge on any atom is -0.409 e. The normalized spacial score (nSPS) is 10.1. The van der Waals surface area contributed by atoms with Gasteiger partial charge in [0.1, 0.15) is 5.69 Å². The molecule has 7 heteroatoms. The number of benzene rings is 1. The molecule has 0 spiro atoms. The summed E-state index contributed by atoms with van der Waals surface area (Å²) in [4.78, 5) is 14.8. The smallest absolute Gasteiger partial charge is 0.170 e. The van der Waals surface area contributed by atoms with E-state index in [9.17, 15) is 4.91 Å². The van der Waals surface area contributed by atoms with E-state index in [1.54, 1.807) is 0 Å². The molecule has 82 valence electrons. The molecular formula is C8H11N3O4. The fourth-order valence-corrected chi connectivity index (χ4v) is 1.02. The van der Waals surface area contributed by atoms with Gasteiger partial charge in [-0.3, -0.25) is 0 Å². The molecule has 7 nitrogen and oxygen atoms in total. The van der Waals surface area contributed by atoms with Gasteiger partial charge in [0, 0.05) is 0 Å². The summed E-state index contributed by atoms with van der Waals surface area (Å²) >= 11 is 0. The van der Waals surface area contributed by atoms with E-state index < -0.39 is 6.29 Å². The highest BCUT2D eigenvalue weighted by atomic mass is 16.6. The molecule has 0 atom stereocenters. The van der Waals surface area contributed by atoms with Gasteiger partial charge in [-0.25, -0.2) is 0 Å². The van der Waals surface area contributed by atoms with E-state index in [0.29, 0.717) is 5.69 Å². The number of aliphatic hydroxyl groups excluding tert-OH is 1. The molecule has 1 aromatic rings. The third kappa shape index (κ3) is 3.17. The standard InChI is InChI=1S/C8H11N3O4/c9-15-7-2-1-5(11-14)3-6(7)10-4-8(12)13/h1-3,8,10,12-13H,4,9H2. The van der Waals surface area contributed by atoms with E-state index in [2.05, 4.69) is 15.3 Å². The molecule has 0 aliphatic heterocycles. The molecule has 5 N–H and O–H groups in total. The first-order valence-electron chi connectivity index (χ1n) is 4.11. The predicted molar refractivity (Wildman–Crippen MR) is 53.4 cm³/mol.